The zero-order valence-electron chi connectivity index (χ0n) is 25.0. The summed E-state index contributed by atoms with van der Waals surface area (Å²) in [5.41, 5.74) is 2.79. The molecule has 224 valence electrons. The summed E-state index contributed by atoms with van der Waals surface area (Å²) in [4.78, 5) is 26.8. The first-order chi connectivity index (χ1) is 20.5. The van der Waals surface area contributed by atoms with Gasteiger partial charge >= 0.3 is 6.09 Å². The second-order valence-electron chi connectivity index (χ2n) is 12.2. The molecule has 0 aromatic carbocycles. The number of imidazole rings is 1. The number of halogens is 1. The molecule has 0 saturated carbocycles. The van der Waals surface area contributed by atoms with Crippen LogP contribution in [0.15, 0.2) is 42.9 Å². The number of carbonyl (C=O) groups excluding carboxylic acids is 1. The molecular weight excluding hydrogens is 551 g/mol. The fourth-order valence-electron chi connectivity index (χ4n) is 6.21. The van der Waals surface area contributed by atoms with Crippen molar-refractivity contribution in [2.24, 2.45) is 0 Å². The van der Waals surface area contributed by atoms with Crippen molar-refractivity contribution in [2.75, 3.05) is 13.1 Å². The maximum atomic E-state index is 13.9. The Kier molecular flexibility index (Phi) is 7.08. The van der Waals surface area contributed by atoms with Gasteiger partial charge in [0.15, 0.2) is 0 Å². The topological polar surface area (TPSA) is 114 Å². The number of aryl methyl sites for hydroxylation is 1. The number of rotatable bonds is 5. The van der Waals surface area contributed by atoms with Crippen molar-refractivity contribution in [3.05, 3.63) is 76.9 Å². The predicted octanol–water partition coefficient (Wildman–Crippen LogP) is 5.08. The number of ether oxygens (including phenoxy) is 2. The Labute approximate surface area is 249 Å². The number of nitrogens with zero attached hydrogens (tertiary/aromatic N) is 8. The van der Waals surface area contributed by atoms with E-state index in [0.29, 0.717) is 55.5 Å². The van der Waals surface area contributed by atoms with Gasteiger partial charge in [-0.2, -0.15) is 10.4 Å². The summed E-state index contributed by atoms with van der Waals surface area (Å²) >= 11 is 0. The largest absolute Gasteiger partial charge is 0.469 e. The highest BCUT2D eigenvalue weighted by molar-refractivity contribution is 5.70. The maximum absolute atomic E-state index is 13.9. The molecule has 11 nitrogen and oxygen atoms in total. The molecule has 2 aliphatic rings. The fraction of sp³-hybridized carbons (Fsp3) is 0.452. The standard InChI is InChI=1S/C31H35FN8O3/c1-20-16-36-39-12-11-37(19-26(20)39)31(9-6-10-38(31)29(41)43-30(3,4)5)22-13-27-35-18-24(15-33)40(27)28(14-22)42-21(2)25-8-7-23(32)17-34-25/h7-8,13-14,16-18,21H,6,9-12,19H2,1-5H3. The Bertz CT molecular complexity index is 1720. The molecule has 6 heterocycles. The van der Waals surface area contributed by atoms with Crippen molar-refractivity contribution in [1.29, 1.82) is 5.26 Å². The molecule has 4 aromatic rings. The summed E-state index contributed by atoms with van der Waals surface area (Å²) in [5, 5.41) is 14.4. The van der Waals surface area contributed by atoms with E-state index in [9.17, 15) is 14.4 Å². The number of hydrogen-bond donors (Lipinski definition) is 0. The van der Waals surface area contributed by atoms with Gasteiger partial charge in [0, 0.05) is 31.3 Å². The van der Waals surface area contributed by atoms with Crippen molar-refractivity contribution in [1.82, 2.24) is 33.9 Å². The lowest BCUT2D eigenvalue weighted by molar-refractivity contribution is -0.0646. The minimum Gasteiger partial charge on any atom is -0.469 e. The van der Waals surface area contributed by atoms with Crippen LogP contribution in [0.5, 0.6) is 5.88 Å². The van der Waals surface area contributed by atoms with Gasteiger partial charge in [0.05, 0.1) is 36.5 Å². The van der Waals surface area contributed by atoms with E-state index in [0.717, 1.165) is 29.4 Å². The fourth-order valence-corrected chi connectivity index (χ4v) is 6.21. The monoisotopic (exact) mass is 586 g/mol. The Morgan fingerprint density at radius 2 is 1.95 bits per heavy atom. The van der Waals surface area contributed by atoms with Gasteiger partial charge in [0.25, 0.3) is 0 Å². The van der Waals surface area contributed by atoms with Crippen LogP contribution in [0, 0.1) is 24.1 Å². The van der Waals surface area contributed by atoms with Crippen LogP contribution in [-0.4, -0.2) is 58.7 Å². The molecule has 1 fully saturated rings. The summed E-state index contributed by atoms with van der Waals surface area (Å²) in [6.07, 6.45) is 4.99. The first kappa shape index (κ1) is 28.6. The zero-order chi connectivity index (χ0) is 30.5. The average molecular weight is 587 g/mol. The highest BCUT2D eigenvalue weighted by atomic mass is 19.1. The number of aromatic nitrogens is 5. The minimum absolute atomic E-state index is 0.304. The molecule has 1 amide bonds. The van der Waals surface area contributed by atoms with Crippen molar-refractivity contribution >= 4 is 11.7 Å². The Balaban J connectivity index is 1.51. The number of pyridine rings is 2. The number of nitriles is 1. The lowest BCUT2D eigenvalue weighted by Gasteiger charge is -2.48. The van der Waals surface area contributed by atoms with Crippen molar-refractivity contribution in [3.63, 3.8) is 0 Å². The van der Waals surface area contributed by atoms with Crippen molar-refractivity contribution < 1.29 is 18.7 Å². The molecule has 0 aliphatic carbocycles. The highest BCUT2D eigenvalue weighted by Gasteiger charge is 2.52. The van der Waals surface area contributed by atoms with E-state index in [2.05, 4.69) is 26.0 Å². The lowest BCUT2D eigenvalue weighted by Crippen LogP contribution is -2.59. The number of hydrogen-bond acceptors (Lipinski definition) is 8. The molecule has 12 heteroatoms. The predicted molar refractivity (Wildman–Crippen MR) is 154 cm³/mol. The molecule has 2 unspecified atom stereocenters. The van der Waals surface area contributed by atoms with Gasteiger partial charge in [-0.1, -0.05) is 0 Å². The molecule has 2 aliphatic heterocycles. The average Bonchev–Trinajstić information content (AvgIpc) is 3.69. The quantitative estimate of drug-likeness (QED) is 0.318. The van der Waals surface area contributed by atoms with E-state index < -0.39 is 29.3 Å². The molecule has 0 bridgehead atoms. The number of fused-ring (bicyclic) bond motifs is 2. The van der Waals surface area contributed by atoms with Gasteiger partial charge in [0.1, 0.15) is 40.6 Å². The number of amides is 1. The van der Waals surface area contributed by atoms with Gasteiger partial charge < -0.3 is 9.47 Å². The van der Waals surface area contributed by atoms with Gasteiger partial charge in [-0.05, 0) is 71.2 Å². The van der Waals surface area contributed by atoms with Crippen LogP contribution in [0.25, 0.3) is 5.65 Å². The molecule has 4 aromatic heterocycles. The van der Waals surface area contributed by atoms with E-state index >= 15 is 0 Å². The normalized spacial score (nSPS) is 19.7. The van der Waals surface area contributed by atoms with Crippen LogP contribution in [0.3, 0.4) is 0 Å². The van der Waals surface area contributed by atoms with Crippen LogP contribution in [0.4, 0.5) is 9.18 Å². The van der Waals surface area contributed by atoms with Gasteiger partial charge in [-0.3, -0.25) is 23.9 Å². The molecular formula is C31H35FN8O3. The van der Waals surface area contributed by atoms with Crippen LogP contribution < -0.4 is 4.74 Å². The molecule has 1 saturated heterocycles. The molecule has 0 N–H and O–H groups in total. The van der Waals surface area contributed by atoms with Crippen LogP contribution >= 0.6 is 0 Å². The van der Waals surface area contributed by atoms with E-state index in [1.54, 1.807) is 10.5 Å². The van der Waals surface area contributed by atoms with Crippen molar-refractivity contribution in [2.45, 2.75) is 77.9 Å². The minimum atomic E-state index is -0.875. The molecule has 2 atom stereocenters. The Morgan fingerprint density at radius 3 is 2.67 bits per heavy atom. The third kappa shape index (κ3) is 5.07. The summed E-state index contributed by atoms with van der Waals surface area (Å²) in [6.45, 7) is 11.9. The van der Waals surface area contributed by atoms with Gasteiger partial charge in [-0.25, -0.2) is 14.2 Å². The Hall–Kier alpha value is -4.50. The van der Waals surface area contributed by atoms with Crippen LogP contribution in [0.1, 0.15) is 74.8 Å². The smallest absolute Gasteiger partial charge is 0.412 e. The lowest BCUT2D eigenvalue weighted by atomic mass is 9.93. The third-order valence-corrected chi connectivity index (χ3v) is 8.18. The van der Waals surface area contributed by atoms with Crippen molar-refractivity contribution in [3.8, 4) is 11.9 Å². The summed E-state index contributed by atoms with van der Waals surface area (Å²) in [6, 6.07) is 8.91. The molecule has 6 rings (SSSR count). The van der Waals surface area contributed by atoms with Crippen LogP contribution in [-0.2, 0) is 23.5 Å². The van der Waals surface area contributed by atoms with E-state index in [-0.39, 0.29) is 0 Å². The maximum Gasteiger partial charge on any atom is 0.412 e. The Morgan fingerprint density at radius 1 is 1.14 bits per heavy atom. The summed E-state index contributed by atoms with van der Waals surface area (Å²) in [7, 11) is 0. The van der Waals surface area contributed by atoms with Gasteiger partial charge in [-0.15, -0.1) is 0 Å². The van der Waals surface area contributed by atoms with Crippen LogP contribution in [0.2, 0.25) is 0 Å². The first-order valence-electron chi connectivity index (χ1n) is 14.5. The molecule has 43 heavy (non-hydrogen) atoms. The second kappa shape index (κ2) is 10.6. The first-order valence-corrected chi connectivity index (χ1v) is 14.5. The highest BCUT2D eigenvalue weighted by Crippen LogP contribution is 2.46. The van der Waals surface area contributed by atoms with E-state index in [1.807, 2.05) is 62.5 Å². The molecule has 0 spiro atoms. The summed E-state index contributed by atoms with van der Waals surface area (Å²) in [5.74, 6) is -0.0703. The number of likely N-dealkylation sites (tertiary alicyclic amines) is 1. The molecule has 0 radical (unpaired) electrons. The van der Waals surface area contributed by atoms with Gasteiger partial charge in [0.2, 0.25) is 5.88 Å². The zero-order valence-corrected chi connectivity index (χ0v) is 25.0. The van der Waals surface area contributed by atoms with E-state index in [1.165, 1.54) is 12.3 Å². The summed E-state index contributed by atoms with van der Waals surface area (Å²) < 4.78 is 29.7. The van der Waals surface area contributed by atoms with E-state index in [4.69, 9.17) is 9.47 Å². The third-order valence-electron chi connectivity index (χ3n) is 8.18. The second-order valence-corrected chi connectivity index (χ2v) is 12.2. The SMILES string of the molecule is Cc1cnn2c1CN(C1(c3cc(OC(C)c4ccc(F)cn4)n4c(C#N)cnc4c3)CCCN1C(=O)OC(C)(C)C)CC2. The number of carbonyl (C=O) groups is 1.